The van der Waals surface area contributed by atoms with Crippen molar-refractivity contribution in [3.63, 3.8) is 0 Å². The number of fused-ring (bicyclic) bond motifs is 1. The molecule has 2 aromatic heterocycles. The summed E-state index contributed by atoms with van der Waals surface area (Å²) in [5, 5.41) is 0. The van der Waals surface area contributed by atoms with Gasteiger partial charge in [-0.05, 0) is 19.8 Å². The molecule has 0 aromatic carbocycles. The minimum absolute atomic E-state index is 0.232. The number of hydrogen-bond donors (Lipinski definition) is 1. The Morgan fingerprint density at radius 3 is 2.69 bits per heavy atom. The maximum Gasteiger partial charge on any atom is 0.341 e. The summed E-state index contributed by atoms with van der Waals surface area (Å²) in [6, 6.07) is 0.329. The Kier molecular flexibility index (Phi) is 5.87. The van der Waals surface area contributed by atoms with Crippen LogP contribution < -0.4 is 9.80 Å². The summed E-state index contributed by atoms with van der Waals surface area (Å²) in [6.45, 7) is 4.31. The topological polar surface area (TPSA) is 114 Å². The van der Waals surface area contributed by atoms with E-state index >= 15 is 0 Å². The molecule has 3 aliphatic rings. The largest absolute Gasteiger partial charge is 0.455 e. The molecule has 0 spiro atoms. The van der Waals surface area contributed by atoms with Crippen LogP contribution in [0.25, 0.3) is 0 Å². The zero-order valence-corrected chi connectivity index (χ0v) is 19.0. The van der Waals surface area contributed by atoms with Crippen LogP contribution in [0, 0.1) is 6.92 Å². The van der Waals surface area contributed by atoms with E-state index in [1.165, 1.54) is 12.4 Å². The molecule has 5 heterocycles. The van der Waals surface area contributed by atoms with Gasteiger partial charge in [0, 0.05) is 45.1 Å². The molecule has 0 radical (unpaired) electrons. The van der Waals surface area contributed by atoms with Gasteiger partial charge in [0.2, 0.25) is 5.95 Å². The first kappa shape index (κ1) is 21.4. The van der Waals surface area contributed by atoms with Gasteiger partial charge in [0.15, 0.2) is 22.7 Å². The Balaban J connectivity index is 1.29. The molecule has 32 heavy (non-hydrogen) atoms. The van der Waals surface area contributed by atoms with Gasteiger partial charge < -0.3 is 19.3 Å². The third-order valence-corrected chi connectivity index (χ3v) is 7.65. The number of carbonyl (C=O) groups is 1. The predicted molar refractivity (Wildman–Crippen MR) is 119 cm³/mol. The molecule has 0 saturated carbocycles. The zero-order chi connectivity index (χ0) is 22.2. The Labute approximate surface area is 189 Å². The Morgan fingerprint density at radius 2 is 1.97 bits per heavy atom. The monoisotopic (exact) mass is 459 g/mol. The lowest BCUT2D eigenvalue weighted by Crippen LogP contribution is -2.54. The molecule has 2 saturated heterocycles. The van der Waals surface area contributed by atoms with Crippen LogP contribution >= 0.6 is 0 Å². The van der Waals surface area contributed by atoms with Crippen molar-refractivity contribution in [1.82, 2.24) is 19.9 Å². The van der Waals surface area contributed by atoms with E-state index in [0.29, 0.717) is 42.2 Å². The van der Waals surface area contributed by atoms with Gasteiger partial charge in [0.25, 0.3) is 4.90 Å². The number of hydrogen-bond acceptors (Lipinski definition) is 10. The fourth-order valence-electron chi connectivity index (χ4n) is 4.20. The van der Waals surface area contributed by atoms with E-state index in [1.54, 1.807) is 6.92 Å². The summed E-state index contributed by atoms with van der Waals surface area (Å²) in [6.07, 6.45) is 5.36. The van der Waals surface area contributed by atoms with Gasteiger partial charge in [0.1, 0.15) is 17.6 Å². The van der Waals surface area contributed by atoms with Crippen molar-refractivity contribution in [3.8, 4) is 0 Å². The molecule has 1 N–H and O–H groups in total. The molecule has 5 rings (SSSR count). The summed E-state index contributed by atoms with van der Waals surface area (Å²) in [4.78, 5) is 35.1. The number of aromatic nitrogens is 4. The standard InChI is InChI=1S/C21H27N6O4S/c1-13-22-9-14(10-23-13)20(28)31-16-11-27(12-16)21-24-17-5-8-32(29)18(17)19(25-21)26(2)15-3-6-30-7-4-15/h9-10,15-16,29H,3-8,11-12H2,1-2H3/q+1. The van der Waals surface area contributed by atoms with Crippen molar-refractivity contribution in [2.45, 2.75) is 43.2 Å². The van der Waals surface area contributed by atoms with Gasteiger partial charge in [0.05, 0.1) is 18.7 Å². The summed E-state index contributed by atoms with van der Waals surface area (Å²) in [7, 11) is 2.04. The molecule has 0 bridgehead atoms. The SMILES string of the molecule is Cc1ncc(C(=O)OC2CN(c3nc4c(c(N(C)C5CCOCC5)n3)[S+](O)CC4)C2)cn1. The summed E-state index contributed by atoms with van der Waals surface area (Å²) in [5.74, 6) is 2.33. The predicted octanol–water partition coefficient (Wildman–Crippen LogP) is 1.24. The normalized spacial score (nSPS) is 21.2. The second-order valence-electron chi connectivity index (χ2n) is 8.35. The maximum absolute atomic E-state index is 12.3. The third kappa shape index (κ3) is 4.12. The van der Waals surface area contributed by atoms with Gasteiger partial charge in [-0.2, -0.15) is 9.54 Å². The summed E-state index contributed by atoms with van der Waals surface area (Å²) in [5.41, 5.74) is 1.27. The van der Waals surface area contributed by atoms with Gasteiger partial charge in [-0.25, -0.2) is 19.7 Å². The summed E-state index contributed by atoms with van der Waals surface area (Å²) < 4.78 is 21.7. The first-order valence-electron chi connectivity index (χ1n) is 10.9. The van der Waals surface area contributed by atoms with Crippen molar-refractivity contribution in [3.05, 3.63) is 29.5 Å². The van der Waals surface area contributed by atoms with E-state index in [9.17, 15) is 9.35 Å². The van der Waals surface area contributed by atoms with Crippen LogP contribution in [0.3, 0.4) is 0 Å². The van der Waals surface area contributed by atoms with Gasteiger partial charge in [-0.1, -0.05) is 0 Å². The average Bonchev–Trinajstić information content (AvgIpc) is 3.16. The smallest absolute Gasteiger partial charge is 0.341 e. The Bertz CT molecular complexity index is 995. The fourth-order valence-corrected chi connectivity index (χ4v) is 5.61. The molecule has 1 atom stereocenters. The zero-order valence-electron chi connectivity index (χ0n) is 18.2. The molecule has 3 aliphatic heterocycles. The van der Waals surface area contributed by atoms with Crippen molar-refractivity contribution in [1.29, 1.82) is 0 Å². The van der Waals surface area contributed by atoms with Crippen LogP contribution in [0.1, 0.15) is 34.7 Å². The van der Waals surface area contributed by atoms with Gasteiger partial charge in [-0.3, -0.25) is 0 Å². The van der Waals surface area contributed by atoms with E-state index in [0.717, 1.165) is 48.9 Å². The second-order valence-corrected chi connectivity index (χ2v) is 9.89. The molecule has 11 heteroatoms. The molecule has 1 unspecified atom stereocenters. The molecule has 0 aliphatic carbocycles. The van der Waals surface area contributed by atoms with Crippen LogP contribution in [0.2, 0.25) is 0 Å². The molecule has 10 nitrogen and oxygen atoms in total. The van der Waals surface area contributed by atoms with Crippen LogP contribution in [-0.2, 0) is 27.1 Å². The van der Waals surface area contributed by atoms with Crippen molar-refractivity contribution >= 4 is 28.9 Å². The second kappa shape index (κ2) is 8.80. The van der Waals surface area contributed by atoms with E-state index in [4.69, 9.17) is 19.4 Å². The van der Waals surface area contributed by atoms with E-state index in [1.807, 2.05) is 11.9 Å². The first-order valence-corrected chi connectivity index (χ1v) is 12.2. The lowest BCUT2D eigenvalue weighted by Gasteiger charge is -2.39. The number of esters is 1. The molecular weight excluding hydrogens is 432 g/mol. The van der Waals surface area contributed by atoms with Crippen LogP contribution in [0.15, 0.2) is 17.3 Å². The maximum atomic E-state index is 12.3. The number of ether oxygens (including phenoxy) is 2. The molecule has 2 aromatic rings. The number of anilines is 2. The highest BCUT2D eigenvalue weighted by atomic mass is 32.2. The fraction of sp³-hybridized carbons (Fsp3) is 0.571. The molecule has 0 amide bonds. The van der Waals surface area contributed by atoms with Crippen LogP contribution in [0.5, 0.6) is 0 Å². The molecular formula is C21H27N6O4S+. The Morgan fingerprint density at radius 1 is 1.25 bits per heavy atom. The highest BCUT2D eigenvalue weighted by Crippen LogP contribution is 2.36. The first-order chi connectivity index (χ1) is 15.5. The third-order valence-electron chi connectivity index (χ3n) is 6.17. The highest BCUT2D eigenvalue weighted by Gasteiger charge is 2.42. The van der Waals surface area contributed by atoms with Gasteiger partial charge in [-0.15, -0.1) is 0 Å². The van der Waals surface area contributed by atoms with E-state index < -0.39 is 17.1 Å². The van der Waals surface area contributed by atoms with Gasteiger partial charge >= 0.3 is 5.97 Å². The quantitative estimate of drug-likeness (QED) is 0.517. The molecule has 2 fully saturated rings. The number of carbonyl (C=O) groups excluding carboxylic acids is 1. The van der Waals surface area contributed by atoms with Crippen molar-refractivity contribution < 1.29 is 18.8 Å². The number of nitrogens with zero attached hydrogens (tertiary/aromatic N) is 6. The van der Waals surface area contributed by atoms with Crippen molar-refractivity contribution in [2.24, 2.45) is 0 Å². The summed E-state index contributed by atoms with van der Waals surface area (Å²) >= 11 is -0.825. The number of aryl methyl sites for hydroxylation is 2. The van der Waals surface area contributed by atoms with E-state index in [-0.39, 0.29) is 6.10 Å². The number of rotatable bonds is 5. The lowest BCUT2D eigenvalue weighted by atomic mass is 10.1. The average molecular weight is 460 g/mol. The molecule has 170 valence electrons. The Hall–Kier alpha value is -2.50. The lowest BCUT2D eigenvalue weighted by molar-refractivity contribution is 0.0230. The van der Waals surface area contributed by atoms with Crippen LogP contribution in [0.4, 0.5) is 11.8 Å². The van der Waals surface area contributed by atoms with Crippen molar-refractivity contribution in [2.75, 3.05) is 48.9 Å². The minimum atomic E-state index is -0.825. The van der Waals surface area contributed by atoms with E-state index in [2.05, 4.69) is 14.9 Å². The highest BCUT2D eigenvalue weighted by molar-refractivity contribution is 7.92. The minimum Gasteiger partial charge on any atom is -0.455 e. The van der Waals surface area contributed by atoms with Crippen LogP contribution in [-0.4, -0.2) is 81.7 Å².